The molecular weight excluding hydrogens is 124 g/mol. The monoisotopic (exact) mass is 138 g/mol. The Hall–Kier alpha value is -0.370. The van der Waals surface area contributed by atoms with Gasteiger partial charge in [-0.2, -0.15) is 0 Å². The summed E-state index contributed by atoms with van der Waals surface area (Å²) in [5.74, 6) is 0. The van der Waals surface area contributed by atoms with Gasteiger partial charge in [0.15, 0.2) is 0 Å². The molecule has 2 heteroatoms. The molecule has 0 saturated carbocycles. The van der Waals surface area contributed by atoms with Gasteiger partial charge in [-0.3, -0.25) is 9.89 Å². The first kappa shape index (κ1) is 6.35. The third-order valence-electron chi connectivity index (χ3n) is 2.51. The van der Waals surface area contributed by atoms with Crippen LogP contribution in [0.3, 0.4) is 0 Å². The number of piperidine rings is 1. The molecule has 2 aliphatic rings. The van der Waals surface area contributed by atoms with Crippen LogP contribution in [0.1, 0.15) is 19.3 Å². The maximum atomic E-state index is 4.29. The number of hydrogen-bond donors (Lipinski definition) is 0. The fourth-order valence-electron chi connectivity index (χ4n) is 1.87. The average molecular weight is 138 g/mol. The molecule has 0 spiro atoms. The number of fused-ring (bicyclic) bond motifs is 1. The van der Waals surface area contributed by atoms with Crippen molar-refractivity contribution >= 4 is 6.21 Å². The van der Waals surface area contributed by atoms with Crippen molar-refractivity contribution in [1.29, 1.82) is 0 Å². The van der Waals surface area contributed by atoms with Crippen molar-refractivity contribution in [2.75, 3.05) is 19.6 Å². The molecule has 2 nitrogen and oxygen atoms in total. The highest BCUT2D eigenvalue weighted by atomic mass is 15.2. The van der Waals surface area contributed by atoms with E-state index in [-0.39, 0.29) is 0 Å². The lowest BCUT2D eigenvalue weighted by Gasteiger charge is -2.35. The van der Waals surface area contributed by atoms with Gasteiger partial charge >= 0.3 is 0 Å². The van der Waals surface area contributed by atoms with Crippen molar-refractivity contribution in [3.8, 4) is 0 Å². The van der Waals surface area contributed by atoms with Gasteiger partial charge in [-0.15, -0.1) is 0 Å². The van der Waals surface area contributed by atoms with Gasteiger partial charge in [-0.25, -0.2) is 0 Å². The van der Waals surface area contributed by atoms with Gasteiger partial charge in [-0.05, 0) is 19.4 Å². The molecule has 1 saturated heterocycles. The maximum absolute atomic E-state index is 4.29. The molecule has 0 amide bonds. The Morgan fingerprint density at radius 2 is 2.40 bits per heavy atom. The fraction of sp³-hybridized carbons (Fsp3) is 0.875. The predicted octanol–water partition coefficient (Wildman–Crippen LogP) is 0.925. The molecule has 0 aromatic heterocycles. The molecule has 0 aromatic carbocycles. The summed E-state index contributed by atoms with van der Waals surface area (Å²) in [5, 5.41) is 0. The Balaban J connectivity index is 2.01. The van der Waals surface area contributed by atoms with Gasteiger partial charge < -0.3 is 0 Å². The second-order valence-electron chi connectivity index (χ2n) is 3.19. The molecule has 0 radical (unpaired) electrons. The third kappa shape index (κ3) is 1.08. The molecule has 0 N–H and O–H groups in total. The van der Waals surface area contributed by atoms with Gasteiger partial charge in [-0.1, -0.05) is 6.42 Å². The van der Waals surface area contributed by atoms with E-state index in [1.54, 1.807) is 0 Å². The zero-order valence-corrected chi connectivity index (χ0v) is 6.29. The van der Waals surface area contributed by atoms with Gasteiger partial charge in [0.05, 0.1) is 6.54 Å². The van der Waals surface area contributed by atoms with Gasteiger partial charge in [0.2, 0.25) is 0 Å². The summed E-state index contributed by atoms with van der Waals surface area (Å²) in [5.41, 5.74) is 0. The number of rotatable bonds is 0. The quantitative estimate of drug-likeness (QED) is 0.486. The molecule has 2 rings (SSSR count). The summed E-state index contributed by atoms with van der Waals surface area (Å²) in [6.45, 7) is 3.46. The topological polar surface area (TPSA) is 15.6 Å². The largest absolute Gasteiger partial charge is 0.295 e. The van der Waals surface area contributed by atoms with Gasteiger partial charge in [0.25, 0.3) is 0 Å². The first-order valence-electron chi connectivity index (χ1n) is 4.19. The lowest BCUT2D eigenvalue weighted by atomic mass is 10.0. The summed E-state index contributed by atoms with van der Waals surface area (Å²) in [4.78, 5) is 6.85. The second-order valence-corrected chi connectivity index (χ2v) is 3.19. The van der Waals surface area contributed by atoms with Crippen molar-refractivity contribution in [2.45, 2.75) is 25.3 Å². The van der Waals surface area contributed by atoms with Crippen LogP contribution in [0.2, 0.25) is 0 Å². The molecule has 0 bridgehead atoms. The third-order valence-corrected chi connectivity index (χ3v) is 2.51. The van der Waals surface area contributed by atoms with Crippen molar-refractivity contribution in [3.05, 3.63) is 0 Å². The van der Waals surface area contributed by atoms with E-state index in [0.717, 1.165) is 19.1 Å². The number of aliphatic imine (C=N–C) groups is 1. The van der Waals surface area contributed by atoms with Crippen molar-refractivity contribution < 1.29 is 0 Å². The Labute approximate surface area is 61.9 Å². The maximum Gasteiger partial charge on any atom is 0.0542 e. The highest BCUT2D eigenvalue weighted by Crippen LogP contribution is 2.17. The number of hydrogen-bond acceptors (Lipinski definition) is 2. The standard InChI is InChI=1S/C8H14N2/c1-2-5-10-6-4-9-7-8(10)3-1/h4,8H,1-3,5-7H2. The summed E-state index contributed by atoms with van der Waals surface area (Å²) < 4.78 is 0. The van der Waals surface area contributed by atoms with Crippen LogP contribution in [0.15, 0.2) is 4.99 Å². The Bertz CT molecular complexity index is 126. The summed E-state index contributed by atoms with van der Waals surface area (Å²) >= 11 is 0. The fourth-order valence-corrected chi connectivity index (χ4v) is 1.87. The van der Waals surface area contributed by atoms with Gasteiger partial charge in [0, 0.05) is 18.8 Å². The Morgan fingerprint density at radius 3 is 3.30 bits per heavy atom. The van der Waals surface area contributed by atoms with E-state index in [0.29, 0.717) is 0 Å². The van der Waals surface area contributed by atoms with E-state index in [2.05, 4.69) is 16.1 Å². The molecule has 2 heterocycles. The molecular formula is C8H14N2. The summed E-state index contributed by atoms with van der Waals surface area (Å²) in [6, 6.07) is 0.791. The molecule has 1 fully saturated rings. The Kier molecular flexibility index (Phi) is 1.72. The minimum atomic E-state index is 0.791. The molecule has 1 atom stereocenters. The highest BCUT2D eigenvalue weighted by molar-refractivity contribution is 5.60. The predicted molar refractivity (Wildman–Crippen MR) is 42.6 cm³/mol. The normalized spacial score (nSPS) is 33.8. The highest BCUT2D eigenvalue weighted by Gasteiger charge is 2.22. The van der Waals surface area contributed by atoms with Crippen LogP contribution in [0.4, 0.5) is 0 Å². The van der Waals surface area contributed by atoms with E-state index in [4.69, 9.17) is 0 Å². The van der Waals surface area contributed by atoms with Crippen molar-refractivity contribution in [3.63, 3.8) is 0 Å². The van der Waals surface area contributed by atoms with E-state index in [9.17, 15) is 0 Å². The molecule has 0 aromatic rings. The molecule has 56 valence electrons. The minimum Gasteiger partial charge on any atom is -0.295 e. The van der Waals surface area contributed by atoms with E-state index < -0.39 is 0 Å². The lowest BCUT2D eigenvalue weighted by Crippen LogP contribution is -2.44. The first-order chi connectivity index (χ1) is 4.97. The van der Waals surface area contributed by atoms with Crippen molar-refractivity contribution in [1.82, 2.24) is 4.90 Å². The van der Waals surface area contributed by atoms with Crippen LogP contribution >= 0.6 is 0 Å². The van der Waals surface area contributed by atoms with E-state index in [1.165, 1.54) is 25.8 Å². The molecule has 0 aliphatic carbocycles. The minimum absolute atomic E-state index is 0.791. The SMILES string of the molecule is C1=NCC2CCCCN2C1. The number of nitrogens with zero attached hydrogens (tertiary/aromatic N) is 2. The van der Waals surface area contributed by atoms with E-state index >= 15 is 0 Å². The summed E-state index contributed by atoms with van der Waals surface area (Å²) in [6.07, 6.45) is 6.24. The van der Waals surface area contributed by atoms with Crippen LogP contribution in [0.5, 0.6) is 0 Å². The molecule has 2 aliphatic heterocycles. The van der Waals surface area contributed by atoms with Crippen LogP contribution in [0.25, 0.3) is 0 Å². The first-order valence-corrected chi connectivity index (χ1v) is 4.19. The van der Waals surface area contributed by atoms with Crippen LogP contribution in [-0.4, -0.2) is 36.8 Å². The zero-order valence-electron chi connectivity index (χ0n) is 6.29. The van der Waals surface area contributed by atoms with Crippen LogP contribution < -0.4 is 0 Å². The molecule has 10 heavy (non-hydrogen) atoms. The molecule has 1 unspecified atom stereocenters. The van der Waals surface area contributed by atoms with E-state index in [1.807, 2.05) is 0 Å². The van der Waals surface area contributed by atoms with Gasteiger partial charge in [0.1, 0.15) is 0 Å². The lowest BCUT2D eigenvalue weighted by molar-refractivity contribution is 0.170. The Morgan fingerprint density at radius 1 is 1.40 bits per heavy atom. The van der Waals surface area contributed by atoms with Crippen molar-refractivity contribution in [2.24, 2.45) is 4.99 Å². The smallest absolute Gasteiger partial charge is 0.0542 e. The average Bonchev–Trinajstić information content (AvgIpc) is 2.05. The zero-order chi connectivity index (χ0) is 6.81. The van der Waals surface area contributed by atoms with Crippen LogP contribution in [-0.2, 0) is 0 Å². The summed E-state index contributed by atoms with van der Waals surface area (Å²) in [7, 11) is 0. The van der Waals surface area contributed by atoms with Crippen LogP contribution in [0, 0.1) is 0 Å². The second kappa shape index (κ2) is 2.70.